The van der Waals surface area contributed by atoms with Gasteiger partial charge in [0.1, 0.15) is 46.0 Å². The van der Waals surface area contributed by atoms with Gasteiger partial charge in [0, 0.05) is 40.2 Å². The number of rotatable bonds is 10. The molecule has 356 valence electrons. The first-order chi connectivity index (χ1) is 32.4. The van der Waals surface area contributed by atoms with E-state index in [2.05, 4.69) is 0 Å². The van der Waals surface area contributed by atoms with Crippen LogP contribution in [0.15, 0.2) is 170 Å². The summed E-state index contributed by atoms with van der Waals surface area (Å²) in [5.74, 6) is 4.44. The topological polar surface area (TPSA) is 71.1 Å². The number of hydrogen-bond donors (Lipinski definition) is 0. The fourth-order valence-electron chi connectivity index (χ4n) is 5.37. The fraction of sp³-hybridized carbons (Fsp3) is 0.0566. The third-order valence-electron chi connectivity index (χ3n) is 8.60. The zero-order valence-corrected chi connectivity index (χ0v) is 43.0. The lowest BCUT2D eigenvalue weighted by atomic mass is 10.1. The van der Waals surface area contributed by atoms with Crippen molar-refractivity contribution in [3.63, 3.8) is 0 Å². The molecule has 0 fully saturated rings. The summed E-state index contributed by atoms with van der Waals surface area (Å²) in [4.78, 5) is 23.1. The van der Waals surface area contributed by atoms with Crippen LogP contribution in [0.3, 0.4) is 0 Å². The van der Waals surface area contributed by atoms with Crippen molar-refractivity contribution >= 4 is 128 Å². The van der Waals surface area contributed by atoms with Crippen LogP contribution in [0.5, 0.6) is 46.0 Å². The van der Waals surface area contributed by atoms with Crippen molar-refractivity contribution in [1.29, 1.82) is 0 Å². The molecule has 0 heterocycles. The fourth-order valence-corrected chi connectivity index (χ4v) is 7.11. The second-order valence-corrected chi connectivity index (χ2v) is 18.1. The predicted molar refractivity (Wildman–Crippen MR) is 289 cm³/mol. The van der Waals surface area contributed by atoms with Crippen LogP contribution >= 0.6 is 116 Å². The van der Waals surface area contributed by atoms with Gasteiger partial charge in [0.25, 0.3) is 0 Å². The first-order valence-corrected chi connectivity index (χ1v) is 23.4. The minimum Gasteiger partial charge on any atom is -0.457 e. The molecule has 0 aliphatic carbocycles. The van der Waals surface area contributed by atoms with E-state index in [-0.39, 0.29) is 19.0 Å². The van der Waals surface area contributed by atoms with E-state index < -0.39 is 0 Å². The van der Waals surface area contributed by atoms with E-state index in [1.807, 2.05) is 24.3 Å². The van der Waals surface area contributed by atoms with Crippen LogP contribution < -0.4 is 18.9 Å². The highest BCUT2D eigenvalue weighted by molar-refractivity contribution is 6.36. The Morgan fingerprint density at radius 1 is 0.290 bits per heavy atom. The molecule has 0 saturated heterocycles. The quantitative estimate of drug-likeness (QED) is 0.127. The van der Waals surface area contributed by atoms with E-state index in [0.29, 0.717) is 95.9 Å². The SMILES string of the molecule is C.CC(=O)c1cc(Cl)ccc1Oc1ccc(Cl)cc1.CC(=O)c1cc(Cl)ccc1Oc1ccc(Cl)cc1Cl.Clc1ccc(Oc2ccc(Cl)cc2)cc1.Clc1ccc(Oc2ccc(Cl)cc2Cl)cc1. The van der Waals surface area contributed by atoms with E-state index in [1.165, 1.54) is 13.8 Å². The van der Waals surface area contributed by atoms with Gasteiger partial charge in [-0.2, -0.15) is 0 Å². The first kappa shape index (κ1) is 56.8. The molecule has 0 bridgehead atoms. The highest BCUT2D eigenvalue weighted by Gasteiger charge is 2.13. The van der Waals surface area contributed by atoms with Gasteiger partial charge >= 0.3 is 0 Å². The van der Waals surface area contributed by atoms with Crippen molar-refractivity contribution in [2.45, 2.75) is 21.3 Å². The Hall–Kier alpha value is -4.80. The molecular formula is C53H38Cl10O6. The molecule has 0 radical (unpaired) electrons. The Bertz CT molecular complexity index is 2910. The van der Waals surface area contributed by atoms with Crippen molar-refractivity contribution in [1.82, 2.24) is 0 Å². The zero-order chi connectivity index (χ0) is 49.3. The summed E-state index contributed by atoms with van der Waals surface area (Å²) in [7, 11) is 0. The summed E-state index contributed by atoms with van der Waals surface area (Å²) in [6, 6.07) is 48.1. The van der Waals surface area contributed by atoms with Crippen LogP contribution in [0.1, 0.15) is 42.0 Å². The lowest BCUT2D eigenvalue weighted by Gasteiger charge is -2.11. The third kappa shape index (κ3) is 19.1. The third-order valence-corrected chi connectivity index (χ3v) is 11.1. The lowest BCUT2D eigenvalue weighted by molar-refractivity contribution is 0.100. The number of Topliss-reactive ketones (excluding diaryl/α,β-unsaturated/α-hetero) is 2. The molecule has 0 atom stereocenters. The average molecular weight is 1130 g/mol. The van der Waals surface area contributed by atoms with Crippen LogP contribution in [0.2, 0.25) is 50.2 Å². The molecule has 0 aliphatic heterocycles. The summed E-state index contributed by atoms with van der Waals surface area (Å²) in [6.07, 6.45) is 0. The van der Waals surface area contributed by atoms with Gasteiger partial charge in [0.2, 0.25) is 0 Å². The van der Waals surface area contributed by atoms with Crippen molar-refractivity contribution in [2.75, 3.05) is 0 Å². The number of carbonyl (C=O) groups excluding carboxylic acids is 2. The second-order valence-electron chi connectivity index (χ2n) is 13.8. The van der Waals surface area contributed by atoms with E-state index in [1.54, 1.807) is 146 Å². The number of benzene rings is 8. The summed E-state index contributed by atoms with van der Waals surface area (Å²) in [5.41, 5.74) is 0.857. The van der Waals surface area contributed by atoms with Crippen LogP contribution in [0.25, 0.3) is 0 Å². The number of carbonyl (C=O) groups is 2. The van der Waals surface area contributed by atoms with Gasteiger partial charge in [-0.05, 0) is 184 Å². The molecule has 0 aromatic heterocycles. The summed E-state index contributed by atoms with van der Waals surface area (Å²) >= 11 is 58.4. The Kier molecular flexibility index (Phi) is 23.2. The minimum absolute atomic E-state index is 0. The maximum absolute atomic E-state index is 11.6. The average Bonchev–Trinajstić information content (AvgIpc) is 3.30. The molecule has 69 heavy (non-hydrogen) atoms. The van der Waals surface area contributed by atoms with E-state index in [9.17, 15) is 9.59 Å². The summed E-state index contributed by atoms with van der Waals surface area (Å²) in [5, 5.41) is 5.59. The summed E-state index contributed by atoms with van der Waals surface area (Å²) < 4.78 is 22.4. The van der Waals surface area contributed by atoms with Gasteiger partial charge in [-0.3, -0.25) is 9.59 Å². The van der Waals surface area contributed by atoms with Gasteiger partial charge in [-0.15, -0.1) is 0 Å². The van der Waals surface area contributed by atoms with Gasteiger partial charge in [-0.1, -0.05) is 123 Å². The Labute approximate surface area is 450 Å². The number of hydrogen-bond acceptors (Lipinski definition) is 6. The molecule has 8 aromatic carbocycles. The molecule has 16 heteroatoms. The first-order valence-electron chi connectivity index (χ1n) is 19.7. The highest BCUT2D eigenvalue weighted by atomic mass is 35.5. The van der Waals surface area contributed by atoms with Crippen molar-refractivity contribution in [2.24, 2.45) is 0 Å². The molecule has 0 unspecified atom stereocenters. The predicted octanol–water partition coefficient (Wildman–Crippen LogP) is 21.5. The van der Waals surface area contributed by atoms with Crippen LogP contribution in [-0.2, 0) is 0 Å². The Balaban J connectivity index is 0.000000200. The normalized spacial score (nSPS) is 10.0. The van der Waals surface area contributed by atoms with E-state index >= 15 is 0 Å². The molecule has 8 aromatic rings. The summed E-state index contributed by atoms with van der Waals surface area (Å²) in [6.45, 7) is 2.92. The lowest BCUT2D eigenvalue weighted by Crippen LogP contribution is -1.97. The number of halogens is 10. The molecular weight excluding hydrogens is 1090 g/mol. The van der Waals surface area contributed by atoms with Gasteiger partial charge in [0.05, 0.1) is 21.2 Å². The van der Waals surface area contributed by atoms with Crippen molar-refractivity contribution in [3.8, 4) is 46.0 Å². The maximum Gasteiger partial charge on any atom is 0.163 e. The molecule has 0 saturated carbocycles. The minimum atomic E-state index is -0.136. The smallest absolute Gasteiger partial charge is 0.163 e. The molecule has 0 amide bonds. The molecule has 0 N–H and O–H groups in total. The molecule has 8 rings (SSSR count). The second kappa shape index (κ2) is 28.1. The van der Waals surface area contributed by atoms with Gasteiger partial charge < -0.3 is 18.9 Å². The largest absolute Gasteiger partial charge is 0.457 e. The number of ether oxygens (including phenoxy) is 4. The van der Waals surface area contributed by atoms with Crippen LogP contribution in [0.4, 0.5) is 0 Å². The maximum atomic E-state index is 11.6. The molecule has 0 spiro atoms. The zero-order valence-electron chi connectivity index (χ0n) is 35.4. The Morgan fingerprint density at radius 2 is 0.522 bits per heavy atom. The van der Waals surface area contributed by atoms with Crippen molar-refractivity contribution < 1.29 is 28.5 Å². The van der Waals surface area contributed by atoms with Gasteiger partial charge in [-0.25, -0.2) is 0 Å². The number of ketones is 2. The van der Waals surface area contributed by atoms with Gasteiger partial charge in [0.15, 0.2) is 11.6 Å². The standard InChI is InChI=1S/C14H9Cl3O2.C14H10Cl2O2.C12H7Cl3O.C12H8Cl2O.CH4/c1-8(18)11-6-9(15)2-4-13(11)19-14-5-3-10(16)7-12(14)17;1-9(17)13-8-11(16)4-7-14(13)18-12-5-2-10(15)3-6-12;13-8-1-4-10(5-2-8)16-12-6-3-9(14)7-11(12)15;13-9-1-5-11(6-2-9)15-12-7-3-10(14)4-8-12;/h2-7H,1H3;2-8H,1H3;1-7H;1-8H;1H4. The van der Waals surface area contributed by atoms with Crippen LogP contribution in [-0.4, -0.2) is 11.6 Å². The monoisotopic (exact) mass is 1120 g/mol. The van der Waals surface area contributed by atoms with E-state index in [0.717, 1.165) is 11.5 Å². The highest BCUT2D eigenvalue weighted by Crippen LogP contribution is 2.35. The van der Waals surface area contributed by atoms with E-state index in [4.69, 9.17) is 135 Å². The molecule has 6 nitrogen and oxygen atoms in total. The molecule has 0 aliphatic rings. The Morgan fingerprint density at radius 3 is 0.826 bits per heavy atom. The van der Waals surface area contributed by atoms with Crippen LogP contribution in [0, 0.1) is 0 Å². The van der Waals surface area contributed by atoms with Crippen molar-refractivity contribution in [3.05, 3.63) is 231 Å².